The molecule has 0 spiro atoms. The normalized spacial score (nSPS) is 10.8. The molecule has 5 nitrogen and oxygen atoms in total. The van der Waals surface area contributed by atoms with Gasteiger partial charge in [0.15, 0.2) is 5.16 Å². The predicted octanol–water partition coefficient (Wildman–Crippen LogP) is 3.45. The molecule has 2 aromatic heterocycles. The van der Waals surface area contributed by atoms with Crippen LogP contribution < -0.4 is 4.74 Å². The summed E-state index contributed by atoms with van der Waals surface area (Å²) in [6.45, 7) is 2.56. The summed E-state index contributed by atoms with van der Waals surface area (Å²) in [5, 5.41) is 11.9. The quantitative estimate of drug-likeness (QED) is 0.647. The van der Waals surface area contributed by atoms with Crippen LogP contribution in [0.25, 0.3) is 0 Å². The second-order valence-corrected chi connectivity index (χ2v) is 6.73. The zero-order chi connectivity index (χ0) is 15.4. The van der Waals surface area contributed by atoms with Crippen molar-refractivity contribution in [3.05, 3.63) is 52.2 Å². The molecule has 0 fully saturated rings. The lowest BCUT2D eigenvalue weighted by Crippen LogP contribution is -1.95. The number of hydrogen-bond acceptors (Lipinski definition) is 6. The highest BCUT2D eigenvalue weighted by molar-refractivity contribution is 7.98. The molecule has 114 valence electrons. The van der Waals surface area contributed by atoms with Gasteiger partial charge in [-0.1, -0.05) is 29.5 Å². The highest BCUT2D eigenvalue weighted by atomic mass is 32.2. The minimum atomic E-state index is 0.502. The molecule has 0 bridgehead atoms. The third kappa shape index (κ3) is 3.86. The molecule has 0 amide bonds. The summed E-state index contributed by atoms with van der Waals surface area (Å²) in [6.07, 6.45) is 1.70. The van der Waals surface area contributed by atoms with Crippen LogP contribution in [0.2, 0.25) is 0 Å². The number of nitrogens with zero attached hydrogens (tertiary/aromatic N) is 4. The Morgan fingerprint density at radius 2 is 2.09 bits per heavy atom. The van der Waals surface area contributed by atoms with Gasteiger partial charge in [0.25, 0.3) is 0 Å². The second kappa shape index (κ2) is 6.93. The molecule has 7 heteroatoms. The third-order valence-electron chi connectivity index (χ3n) is 3.00. The highest BCUT2D eigenvalue weighted by Crippen LogP contribution is 2.22. The van der Waals surface area contributed by atoms with Gasteiger partial charge in [-0.05, 0) is 19.1 Å². The zero-order valence-electron chi connectivity index (χ0n) is 12.4. The largest absolute Gasteiger partial charge is 0.486 e. The molecule has 3 rings (SSSR count). The fourth-order valence-electron chi connectivity index (χ4n) is 1.80. The van der Waals surface area contributed by atoms with Crippen molar-refractivity contribution in [2.24, 2.45) is 7.05 Å². The van der Waals surface area contributed by atoms with Crippen molar-refractivity contribution < 1.29 is 4.74 Å². The van der Waals surface area contributed by atoms with E-state index in [1.807, 2.05) is 35.9 Å². The van der Waals surface area contributed by atoms with Crippen molar-refractivity contribution in [1.82, 2.24) is 19.7 Å². The molecule has 0 N–H and O–H groups in total. The van der Waals surface area contributed by atoms with Gasteiger partial charge in [0.05, 0.1) is 5.69 Å². The van der Waals surface area contributed by atoms with E-state index in [0.29, 0.717) is 6.61 Å². The summed E-state index contributed by atoms with van der Waals surface area (Å²) in [5.74, 6) is 1.66. The molecule has 0 saturated carbocycles. The molecule has 2 heterocycles. The first-order chi connectivity index (χ1) is 10.7. The van der Waals surface area contributed by atoms with Crippen LogP contribution in [-0.4, -0.2) is 19.7 Å². The SMILES string of the molecule is Cc1ccc(OCc2nc(CSc3nncn3C)cs2)cc1. The maximum atomic E-state index is 5.74. The van der Waals surface area contributed by atoms with E-state index in [1.165, 1.54) is 5.56 Å². The predicted molar refractivity (Wildman–Crippen MR) is 88.2 cm³/mol. The van der Waals surface area contributed by atoms with Crippen LogP contribution in [0.15, 0.2) is 41.1 Å². The Morgan fingerprint density at radius 3 is 2.82 bits per heavy atom. The Bertz CT molecular complexity index is 736. The Morgan fingerprint density at radius 1 is 1.27 bits per heavy atom. The number of rotatable bonds is 6. The molecule has 22 heavy (non-hydrogen) atoms. The first-order valence-corrected chi connectivity index (χ1v) is 8.67. The molecule has 1 aromatic carbocycles. The third-order valence-corrected chi connectivity index (χ3v) is 4.94. The van der Waals surface area contributed by atoms with E-state index in [4.69, 9.17) is 4.74 Å². The van der Waals surface area contributed by atoms with Crippen molar-refractivity contribution >= 4 is 23.1 Å². The Kier molecular flexibility index (Phi) is 4.74. The number of aromatic nitrogens is 4. The topological polar surface area (TPSA) is 52.8 Å². The van der Waals surface area contributed by atoms with Crippen LogP contribution in [-0.2, 0) is 19.4 Å². The lowest BCUT2D eigenvalue weighted by Gasteiger charge is -2.03. The number of ether oxygens (including phenoxy) is 1. The summed E-state index contributed by atoms with van der Waals surface area (Å²) in [7, 11) is 1.93. The van der Waals surface area contributed by atoms with Crippen LogP contribution in [0.4, 0.5) is 0 Å². The summed E-state index contributed by atoms with van der Waals surface area (Å²) in [6, 6.07) is 8.04. The minimum Gasteiger partial charge on any atom is -0.486 e. The number of thioether (sulfide) groups is 1. The van der Waals surface area contributed by atoms with Crippen molar-refractivity contribution in [2.45, 2.75) is 24.4 Å². The first kappa shape index (κ1) is 15.1. The first-order valence-electron chi connectivity index (χ1n) is 6.80. The summed E-state index contributed by atoms with van der Waals surface area (Å²) in [4.78, 5) is 4.59. The van der Waals surface area contributed by atoms with Crippen LogP contribution in [0.1, 0.15) is 16.3 Å². The fourth-order valence-corrected chi connectivity index (χ4v) is 3.39. The standard InChI is InChI=1S/C15H16N4OS2/c1-11-3-5-13(6-4-11)20-7-14-17-12(8-21-14)9-22-15-18-16-10-19(15)2/h3-6,8,10H,7,9H2,1-2H3. The van der Waals surface area contributed by atoms with E-state index in [2.05, 4.69) is 27.5 Å². The smallest absolute Gasteiger partial charge is 0.191 e. The van der Waals surface area contributed by atoms with Gasteiger partial charge in [-0.2, -0.15) is 0 Å². The molecule has 0 saturated heterocycles. The monoisotopic (exact) mass is 332 g/mol. The Hall–Kier alpha value is -1.86. The Labute approximate surface area is 137 Å². The number of thiazole rings is 1. The Balaban J connectivity index is 1.52. The number of aryl methyl sites for hydroxylation is 2. The van der Waals surface area contributed by atoms with E-state index in [-0.39, 0.29) is 0 Å². The maximum Gasteiger partial charge on any atom is 0.191 e. The number of benzene rings is 1. The molecular formula is C15H16N4OS2. The molecule has 0 atom stereocenters. The molecule has 0 aliphatic rings. The van der Waals surface area contributed by atoms with Crippen molar-refractivity contribution in [3.63, 3.8) is 0 Å². The van der Waals surface area contributed by atoms with E-state index in [1.54, 1.807) is 29.4 Å². The van der Waals surface area contributed by atoms with Gasteiger partial charge in [0.1, 0.15) is 23.7 Å². The van der Waals surface area contributed by atoms with Crippen LogP contribution in [0.3, 0.4) is 0 Å². The van der Waals surface area contributed by atoms with Gasteiger partial charge in [-0.3, -0.25) is 0 Å². The fraction of sp³-hybridized carbons (Fsp3) is 0.267. The molecular weight excluding hydrogens is 316 g/mol. The van der Waals surface area contributed by atoms with Gasteiger partial charge >= 0.3 is 0 Å². The van der Waals surface area contributed by atoms with Gasteiger partial charge in [0.2, 0.25) is 0 Å². The summed E-state index contributed by atoms with van der Waals surface area (Å²) >= 11 is 3.25. The molecule has 3 aromatic rings. The van der Waals surface area contributed by atoms with Crippen LogP contribution >= 0.6 is 23.1 Å². The lowest BCUT2D eigenvalue weighted by molar-refractivity contribution is 0.305. The van der Waals surface area contributed by atoms with Gasteiger partial charge < -0.3 is 9.30 Å². The second-order valence-electron chi connectivity index (χ2n) is 4.85. The van der Waals surface area contributed by atoms with E-state index < -0.39 is 0 Å². The van der Waals surface area contributed by atoms with Crippen LogP contribution in [0.5, 0.6) is 5.75 Å². The van der Waals surface area contributed by atoms with Crippen LogP contribution in [0, 0.1) is 6.92 Å². The van der Waals surface area contributed by atoms with E-state index in [0.717, 1.165) is 27.4 Å². The van der Waals surface area contributed by atoms with E-state index in [9.17, 15) is 0 Å². The van der Waals surface area contributed by atoms with Gasteiger partial charge in [-0.25, -0.2) is 4.98 Å². The average Bonchev–Trinajstić information content (AvgIpc) is 3.13. The van der Waals surface area contributed by atoms with Crippen molar-refractivity contribution in [1.29, 1.82) is 0 Å². The molecule has 0 radical (unpaired) electrons. The zero-order valence-corrected chi connectivity index (χ0v) is 14.0. The van der Waals surface area contributed by atoms with Crippen molar-refractivity contribution in [3.8, 4) is 5.75 Å². The molecule has 0 aliphatic heterocycles. The summed E-state index contributed by atoms with van der Waals surface area (Å²) < 4.78 is 7.65. The highest BCUT2D eigenvalue weighted by Gasteiger charge is 2.06. The van der Waals surface area contributed by atoms with Gasteiger partial charge in [0, 0.05) is 18.2 Å². The number of hydrogen-bond donors (Lipinski definition) is 0. The lowest BCUT2D eigenvalue weighted by atomic mass is 10.2. The minimum absolute atomic E-state index is 0.502. The summed E-state index contributed by atoms with van der Waals surface area (Å²) in [5.41, 5.74) is 2.27. The molecule has 0 aliphatic carbocycles. The average molecular weight is 332 g/mol. The molecule has 0 unspecified atom stereocenters. The maximum absolute atomic E-state index is 5.74. The van der Waals surface area contributed by atoms with E-state index >= 15 is 0 Å². The van der Waals surface area contributed by atoms with Gasteiger partial charge in [-0.15, -0.1) is 21.5 Å². The van der Waals surface area contributed by atoms with Crippen molar-refractivity contribution in [2.75, 3.05) is 0 Å².